The lowest BCUT2D eigenvalue weighted by Crippen LogP contribution is -2.16. The molecule has 0 atom stereocenters. The number of nitrogens with zero attached hydrogens (tertiary/aromatic N) is 2. The van der Waals surface area contributed by atoms with Crippen LogP contribution >= 0.6 is 11.6 Å². The molecular formula is C14H18ClN3O. The minimum atomic E-state index is 0.503. The fraction of sp³-hybridized carbons (Fsp3) is 0.429. The Balaban J connectivity index is 1.92. The summed E-state index contributed by atoms with van der Waals surface area (Å²) in [6.45, 7) is 5.95. The molecule has 1 aromatic heterocycles. The first kappa shape index (κ1) is 14.0. The van der Waals surface area contributed by atoms with Crippen LogP contribution in [0.5, 0.6) is 0 Å². The predicted octanol–water partition coefficient (Wildman–Crippen LogP) is 3.53. The summed E-state index contributed by atoms with van der Waals surface area (Å²) in [7, 11) is 0. The van der Waals surface area contributed by atoms with Crippen LogP contribution in [0.3, 0.4) is 0 Å². The standard InChI is InChI=1S/C14H18ClN3O/c1-10(2)6-7-16-9-13-17-18-14(19-13)11-4-3-5-12(15)8-11/h3-5,8,10,16H,6-7,9H2,1-2H3. The van der Waals surface area contributed by atoms with Crippen molar-refractivity contribution in [1.82, 2.24) is 15.5 Å². The fourth-order valence-electron chi connectivity index (χ4n) is 1.65. The van der Waals surface area contributed by atoms with Crippen LogP contribution in [0, 0.1) is 5.92 Å². The van der Waals surface area contributed by atoms with Crippen molar-refractivity contribution in [3.63, 3.8) is 0 Å². The number of halogens is 1. The van der Waals surface area contributed by atoms with Gasteiger partial charge < -0.3 is 9.73 Å². The normalized spacial score (nSPS) is 11.2. The van der Waals surface area contributed by atoms with E-state index in [1.165, 1.54) is 0 Å². The molecule has 1 aromatic carbocycles. The van der Waals surface area contributed by atoms with Crippen molar-refractivity contribution in [1.29, 1.82) is 0 Å². The molecular weight excluding hydrogens is 262 g/mol. The molecule has 1 heterocycles. The van der Waals surface area contributed by atoms with Crippen LogP contribution in [0.1, 0.15) is 26.2 Å². The van der Waals surface area contributed by atoms with Crippen molar-refractivity contribution in [2.24, 2.45) is 5.92 Å². The zero-order valence-electron chi connectivity index (χ0n) is 11.2. The first-order chi connectivity index (χ1) is 9.15. The highest BCUT2D eigenvalue weighted by Gasteiger charge is 2.08. The van der Waals surface area contributed by atoms with Gasteiger partial charge in [-0.2, -0.15) is 0 Å². The summed E-state index contributed by atoms with van der Waals surface area (Å²) in [6.07, 6.45) is 1.13. The van der Waals surface area contributed by atoms with Crippen LogP contribution in [0.2, 0.25) is 5.02 Å². The van der Waals surface area contributed by atoms with Crippen molar-refractivity contribution in [3.05, 3.63) is 35.2 Å². The van der Waals surface area contributed by atoms with E-state index >= 15 is 0 Å². The minimum Gasteiger partial charge on any atom is -0.419 e. The Hall–Kier alpha value is -1.39. The molecule has 0 fully saturated rings. The van der Waals surface area contributed by atoms with Crippen molar-refractivity contribution in [2.75, 3.05) is 6.54 Å². The first-order valence-electron chi connectivity index (χ1n) is 6.44. The SMILES string of the molecule is CC(C)CCNCc1nnc(-c2cccc(Cl)c2)o1. The summed E-state index contributed by atoms with van der Waals surface area (Å²) in [6, 6.07) is 7.39. The van der Waals surface area contributed by atoms with Gasteiger partial charge in [-0.25, -0.2) is 0 Å². The van der Waals surface area contributed by atoms with E-state index in [-0.39, 0.29) is 0 Å². The van der Waals surface area contributed by atoms with Gasteiger partial charge in [0.25, 0.3) is 0 Å². The van der Waals surface area contributed by atoms with E-state index in [0.717, 1.165) is 18.5 Å². The van der Waals surface area contributed by atoms with Crippen LogP contribution in [0.4, 0.5) is 0 Å². The zero-order valence-corrected chi connectivity index (χ0v) is 11.9. The Kier molecular flexibility index (Phi) is 4.93. The Labute approximate surface area is 118 Å². The molecule has 2 rings (SSSR count). The van der Waals surface area contributed by atoms with Crippen LogP contribution in [-0.2, 0) is 6.54 Å². The second-order valence-electron chi connectivity index (χ2n) is 4.87. The lowest BCUT2D eigenvalue weighted by Gasteiger charge is -2.04. The molecule has 4 nitrogen and oxygen atoms in total. The third kappa shape index (κ3) is 4.33. The molecule has 19 heavy (non-hydrogen) atoms. The van der Waals surface area contributed by atoms with Gasteiger partial charge in [-0.1, -0.05) is 31.5 Å². The smallest absolute Gasteiger partial charge is 0.247 e. The van der Waals surface area contributed by atoms with Gasteiger partial charge in [0.05, 0.1) is 6.54 Å². The van der Waals surface area contributed by atoms with E-state index < -0.39 is 0 Å². The van der Waals surface area contributed by atoms with Crippen LogP contribution in [0.15, 0.2) is 28.7 Å². The van der Waals surface area contributed by atoms with Crippen LogP contribution in [0.25, 0.3) is 11.5 Å². The highest BCUT2D eigenvalue weighted by atomic mass is 35.5. The molecule has 0 amide bonds. The number of hydrogen-bond donors (Lipinski definition) is 1. The summed E-state index contributed by atoms with van der Waals surface area (Å²) < 4.78 is 5.59. The highest BCUT2D eigenvalue weighted by Crippen LogP contribution is 2.21. The lowest BCUT2D eigenvalue weighted by molar-refractivity contribution is 0.461. The molecule has 0 radical (unpaired) electrons. The van der Waals surface area contributed by atoms with Crippen molar-refractivity contribution in [2.45, 2.75) is 26.8 Å². The lowest BCUT2D eigenvalue weighted by atomic mass is 10.1. The molecule has 5 heteroatoms. The second kappa shape index (κ2) is 6.68. The largest absolute Gasteiger partial charge is 0.419 e. The second-order valence-corrected chi connectivity index (χ2v) is 5.31. The van der Waals surface area contributed by atoms with E-state index in [4.69, 9.17) is 16.0 Å². The van der Waals surface area contributed by atoms with Crippen molar-refractivity contribution in [3.8, 4) is 11.5 Å². The number of aromatic nitrogens is 2. The molecule has 0 saturated carbocycles. The third-order valence-corrected chi connectivity index (χ3v) is 2.95. The maximum atomic E-state index is 5.93. The van der Waals surface area contributed by atoms with Crippen molar-refractivity contribution >= 4 is 11.6 Å². The molecule has 2 aromatic rings. The fourth-order valence-corrected chi connectivity index (χ4v) is 1.84. The van der Waals surface area contributed by atoms with Gasteiger partial charge in [0.2, 0.25) is 11.8 Å². The zero-order chi connectivity index (χ0) is 13.7. The molecule has 0 bridgehead atoms. The van der Waals surface area contributed by atoms with Gasteiger partial charge in [-0.05, 0) is 37.1 Å². The van der Waals surface area contributed by atoms with Gasteiger partial charge in [0, 0.05) is 10.6 Å². The summed E-state index contributed by atoms with van der Waals surface area (Å²) >= 11 is 5.93. The van der Waals surface area contributed by atoms with Gasteiger partial charge in [-0.3, -0.25) is 0 Å². The average molecular weight is 280 g/mol. The third-order valence-electron chi connectivity index (χ3n) is 2.71. The quantitative estimate of drug-likeness (QED) is 0.822. The monoisotopic (exact) mass is 279 g/mol. The maximum absolute atomic E-state index is 5.93. The van der Waals surface area contributed by atoms with E-state index in [1.807, 2.05) is 24.3 Å². The Morgan fingerprint density at radius 2 is 2.16 bits per heavy atom. The molecule has 0 aliphatic rings. The van der Waals surface area contributed by atoms with Crippen LogP contribution in [-0.4, -0.2) is 16.7 Å². The summed E-state index contributed by atoms with van der Waals surface area (Å²) in [5, 5.41) is 12.0. The first-order valence-corrected chi connectivity index (χ1v) is 6.82. The summed E-state index contributed by atoms with van der Waals surface area (Å²) in [5.41, 5.74) is 0.841. The summed E-state index contributed by atoms with van der Waals surface area (Å²) in [5.74, 6) is 1.79. The van der Waals surface area contributed by atoms with Gasteiger partial charge in [0.1, 0.15) is 0 Å². The minimum absolute atomic E-state index is 0.503. The van der Waals surface area contributed by atoms with Gasteiger partial charge in [-0.15, -0.1) is 10.2 Å². The van der Waals surface area contributed by atoms with E-state index in [1.54, 1.807) is 0 Å². The number of nitrogens with one attached hydrogen (secondary N) is 1. The van der Waals surface area contributed by atoms with Crippen molar-refractivity contribution < 1.29 is 4.42 Å². The molecule has 0 spiro atoms. The van der Waals surface area contributed by atoms with E-state index in [0.29, 0.717) is 29.3 Å². The highest BCUT2D eigenvalue weighted by molar-refractivity contribution is 6.30. The molecule has 0 saturated heterocycles. The van der Waals surface area contributed by atoms with Gasteiger partial charge in [0.15, 0.2) is 0 Å². The van der Waals surface area contributed by atoms with Crippen LogP contribution < -0.4 is 5.32 Å². The molecule has 102 valence electrons. The Bertz CT molecular complexity index is 525. The van der Waals surface area contributed by atoms with Gasteiger partial charge >= 0.3 is 0 Å². The number of hydrogen-bond acceptors (Lipinski definition) is 4. The number of benzene rings is 1. The average Bonchev–Trinajstić information content (AvgIpc) is 2.83. The molecule has 1 N–H and O–H groups in total. The maximum Gasteiger partial charge on any atom is 0.247 e. The Morgan fingerprint density at radius 3 is 2.89 bits per heavy atom. The number of rotatable bonds is 6. The Morgan fingerprint density at radius 1 is 1.32 bits per heavy atom. The summed E-state index contributed by atoms with van der Waals surface area (Å²) in [4.78, 5) is 0. The molecule has 0 aliphatic carbocycles. The topological polar surface area (TPSA) is 51.0 Å². The van der Waals surface area contributed by atoms with E-state index in [2.05, 4.69) is 29.4 Å². The van der Waals surface area contributed by atoms with E-state index in [9.17, 15) is 0 Å². The molecule has 0 unspecified atom stereocenters. The predicted molar refractivity (Wildman–Crippen MR) is 75.9 cm³/mol. The molecule has 0 aliphatic heterocycles.